The number of hydrogen-bond acceptors (Lipinski definition) is 4. The fourth-order valence-electron chi connectivity index (χ4n) is 1.75. The number of hydrogen-bond donors (Lipinski definition) is 1. The van der Waals surface area contributed by atoms with Crippen molar-refractivity contribution in [3.8, 4) is 5.75 Å². The van der Waals surface area contributed by atoms with E-state index >= 15 is 0 Å². The first-order valence-corrected chi connectivity index (χ1v) is 7.69. The lowest BCUT2D eigenvalue weighted by atomic mass is 10.2. The number of nitrogens with zero attached hydrogens (tertiary/aromatic N) is 2. The lowest BCUT2D eigenvalue weighted by Gasteiger charge is -2.10. The van der Waals surface area contributed by atoms with E-state index < -0.39 is 0 Å². The molecule has 0 fully saturated rings. The molecular weight excluding hydrogens is 386 g/mol. The Morgan fingerprint density at radius 3 is 2.35 bits per heavy atom. The third kappa shape index (κ3) is 4.01. The standard InChI is InChI=1S/C14H15Br2N3O/c1-9-5-19-11(8-18-9)7-17-6-10-3-12(15)14(20-2)13(16)4-10/h3-5,8,17H,6-7H2,1-2H3. The van der Waals surface area contributed by atoms with E-state index in [9.17, 15) is 0 Å². The maximum atomic E-state index is 5.28. The monoisotopic (exact) mass is 399 g/mol. The number of ether oxygens (including phenoxy) is 1. The van der Waals surface area contributed by atoms with Crippen molar-refractivity contribution in [2.24, 2.45) is 0 Å². The Balaban J connectivity index is 1.96. The van der Waals surface area contributed by atoms with Crippen molar-refractivity contribution < 1.29 is 4.74 Å². The average Bonchev–Trinajstić information content (AvgIpc) is 2.41. The Morgan fingerprint density at radius 2 is 1.80 bits per heavy atom. The van der Waals surface area contributed by atoms with Crippen LogP contribution in [-0.4, -0.2) is 17.1 Å². The minimum absolute atomic E-state index is 0.689. The average molecular weight is 401 g/mol. The molecule has 0 amide bonds. The van der Waals surface area contributed by atoms with E-state index in [0.29, 0.717) is 6.54 Å². The van der Waals surface area contributed by atoms with Gasteiger partial charge in [0.2, 0.25) is 0 Å². The first-order chi connectivity index (χ1) is 9.60. The summed E-state index contributed by atoms with van der Waals surface area (Å²) in [7, 11) is 1.65. The van der Waals surface area contributed by atoms with Crippen LogP contribution in [0.3, 0.4) is 0 Å². The minimum Gasteiger partial charge on any atom is -0.494 e. The summed E-state index contributed by atoms with van der Waals surface area (Å²) in [5.74, 6) is 0.804. The smallest absolute Gasteiger partial charge is 0.147 e. The predicted octanol–water partition coefficient (Wildman–Crippen LogP) is 3.61. The molecule has 20 heavy (non-hydrogen) atoms. The van der Waals surface area contributed by atoms with Crippen LogP contribution >= 0.6 is 31.9 Å². The molecule has 1 heterocycles. The van der Waals surface area contributed by atoms with Gasteiger partial charge in [0.05, 0.1) is 27.4 Å². The van der Waals surface area contributed by atoms with Gasteiger partial charge in [-0.15, -0.1) is 0 Å². The van der Waals surface area contributed by atoms with E-state index in [1.807, 2.05) is 19.1 Å². The summed E-state index contributed by atoms with van der Waals surface area (Å²) in [6.45, 7) is 3.36. The summed E-state index contributed by atoms with van der Waals surface area (Å²) in [5.41, 5.74) is 3.02. The molecule has 4 nitrogen and oxygen atoms in total. The number of benzene rings is 1. The lowest BCUT2D eigenvalue weighted by molar-refractivity contribution is 0.409. The molecule has 1 aromatic carbocycles. The second-order valence-electron chi connectivity index (χ2n) is 4.35. The maximum Gasteiger partial charge on any atom is 0.147 e. The van der Waals surface area contributed by atoms with Crippen molar-refractivity contribution >= 4 is 31.9 Å². The molecule has 0 saturated carbocycles. The van der Waals surface area contributed by atoms with Gasteiger partial charge in [-0.3, -0.25) is 9.97 Å². The Hall–Kier alpha value is -0.980. The molecule has 0 aliphatic heterocycles. The Bertz CT molecular complexity index is 564. The summed E-state index contributed by atoms with van der Waals surface area (Å²) in [5, 5.41) is 3.34. The van der Waals surface area contributed by atoms with Crippen molar-refractivity contribution in [1.82, 2.24) is 15.3 Å². The van der Waals surface area contributed by atoms with E-state index in [0.717, 1.165) is 38.2 Å². The highest BCUT2D eigenvalue weighted by molar-refractivity contribution is 9.11. The zero-order chi connectivity index (χ0) is 14.5. The highest BCUT2D eigenvalue weighted by Crippen LogP contribution is 2.34. The quantitative estimate of drug-likeness (QED) is 0.832. The fourth-order valence-corrected chi connectivity index (χ4v) is 3.36. The summed E-state index contributed by atoms with van der Waals surface area (Å²) in [6.07, 6.45) is 3.57. The second-order valence-corrected chi connectivity index (χ2v) is 6.05. The number of aromatic nitrogens is 2. The highest BCUT2D eigenvalue weighted by Gasteiger charge is 2.07. The molecule has 0 atom stereocenters. The second kappa shape index (κ2) is 7.15. The van der Waals surface area contributed by atoms with E-state index in [2.05, 4.69) is 47.1 Å². The Kier molecular flexibility index (Phi) is 5.51. The molecule has 6 heteroatoms. The van der Waals surface area contributed by atoms with E-state index in [1.165, 1.54) is 0 Å². The summed E-state index contributed by atoms with van der Waals surface area (Å²) < 4.78 is 7.15. The molecule has 0 aliphatic carbocycles. The van der Waals surface area contributed by atoms with E-state index in [-0.39, 0.29) is 0 Å². The van der Waals surface area contributed by atoms with Gasteiger partial charge in [0.25, 0.3) is 0 Å². The van der Waals surface area contributed by atoms with Gasteiger partial charge in [-0.25, -0.2) is 0 Å². The molecule has 0 saturated heterocycles. The third-order valence-electron chi connectivity index (χ3n) is 2.73. The van der Waals surface area contributed by atoms with Crippen LogP contribution in [0.2, 0.25) is 0 Å². The largest absolute Gasteiger partial charge is 0.494 e. The SMILES string of the molecule is COc1c(Br)cc(CNCc2cnc(C)cn2)cc1Br. The highest BCUT2D eigenvalue weighted by atomic mass is 79.9. The van der Waals surface area contributed by atoms with Gasteiger partial charge in [0.15, 0.2) is 0 Å². The predicted molar refractivity (Wildman–Crippen MR) is 85.7 cm³/mol. The van der Waals surface area contributed by atoms with E-state index in [4.69, 9.17) is 4.74 Å². The van der Waals surface area contributed by atoms with Crippen LogP contribution in [0.25, 0.3) is 0 Å². The Morgan fingerprint density at radius 1 is 1.10 bits per heavy atom. The van der Waals surface area contributed by atoms with Crippen LogP contribution in [0.4, 0.5) is 0 Å². The molecule has 1 N–H and O–H groups in total. The zero-order valence-electron chi connectivity index (χ0n) is 11.3. The normalized spacial score (nSPS) is 10.6. The molecule has 0 radical (unpaired) electrons. The molecule has 0 unspecified atom stereocenters. The molecule has 1 aromatic heterocycles. The molecule has 0 aliphatic rings. The Labute approximate surface area is 135 Å². The van der Waals surface area contributed by atoms with Crippen LogP contribution < -0.4 is 10.1 Å². The summed E-state index contributed by atoms with van der Waals surface area (Å²) in [6, 6.07) is 4.08. The topological polar surface area (TPSA) is 47.0 Å². The van der Waals surface area contributed by atoms with Gasteiger partial charge >= 0.3 is 0 Å². The van der Waals surface area contributed by atoms with Crippen LogP contribution in [0.1, 0.15) is 17.0 Å². The number of rotatable bonds is 5. The van der Waals surface area contributed by atoms with Gasteiger partial charge in [-0.05, 0) is 56.5 Å². The van der Waals surface area contributed by atoms with Gasteiger partial charge in [-0.2, -0.15) is 0 Å². The fraction of sp³-hybridized carbons (Fsp3) is 0.286. The van der Waals surface area contributed by atoms with Crippen LogP contribution in [-0.2, 0) is 13.1 Å². The molecule has 2 rings (SSSR count). The molecule has 2 aromatic rings. The van der Waals surface area contributed by atoms with Crippen molar-refractivity contribution in [3.63, 3.8) is 0 Å². The number of nitrogens with one attached hydrogen (secondary N) is 1. The van der Waals surface area contributed by atoms with Crippen molar-refractivity contribution in [3.05, 3.63) is 50.4 Å². The number of methoxy groups -OCH3 is 1. The van der Waals surface area contributed by atoms with Crippen molar-refractivity contribution in [1.29, 1.82) is 0 Å². The maximum absolute atomic E-state index is 5.28. The van der Waals surface area contributed by atoms with Crippen molar-refractivity contribution in [2.45, 2.75) is 20.0 Å². The number of aryl methyl sites for hydroxylation is 1. The summed E-state index contributed by atoms with van der Waals surface area (Å²) >= 11 is 7.00. The van der Waals surface area contributed by atoms with Gasteiger partial charge in [0.1, 0.15) is 5.75 Å². The first kappa shape index (κ1) is 15.4. The summed E-state index contributed by atoms with van der Waals surface area (Å²) in [4.78, 5) is 8.53. The van der Waals surface area contributed by atoms with Gasteiger partial charge < -0.3 is 10.1 Å². The molecule has 0 spiro atoms. The first-order valence-electron chi connectivity index (χ1n) is 6.10. The van der Waals surface area contributed by atoms with Crippen LogP contribution in [0.15, 0.2) is 33.5 Å². The molecular formula is C14H15Br2N3O. The zero-order valence-corrected chi connectivity index (χ0v) is 14.5. The molecule has 106 valence electrons. The third-order valence-corrected chi connectivity index (χ3v) is 3.91. The van der Waals surface area contributed by atoms with Gasteiger partial charge in [-0.1, -0.05) is 0 Å². The number of halogens is 2. The van der Waals surface area contributed by atoms with Crippen LogP contribution in [0, 0.1) is 6.92 Å². The van der Waals surface area contributed by atoms with E-state index in [1.54, 1.807) is 19.5 Å². The molecule has 0 bridgehead atoms. The lowest BCUT2D eigenvalue weighted by Crippen LogP contribution is -2.14. The van der Waals surface area contributed by atoms with Crippen LogP contribution in [0.5, 0.6) is 5.75 Å². The van der Waals surface area contributed by atoms with Gasteiger partial charge in [0, 0.05) is 25.5 Å². The minimum atomic E-state index is 0.689. The van der Waals surface area contributed by atoms with Crippen molar-refractivity contribution in [2.75, 3.05) is 7.11 Å².